The van der Waals surface area contributed by atoms with E-state index in [2.05, 4.69) is 0 Å². The molecule has 2 amide bonds. The lowest BCUT2D eigenvalue weighted by Gasteiger charge is -2.35. The molecule has 2 fully saturated rings. The maximum absolute atomic E-state index is 12.4. The number of piperidine rings is 2. The number of nitrogens with zero attached hydrogens (tertiary/aromatic N) is 2. The van der Waals surface area contributed by atoms with Gasteiger partial charge in [0, 0.05) is 38.7 Å². The standard InChI is InChI=1S/C17H22N2O5/c20-15-3-1-2-6-19(15)10-12-4-7-18(8-5-12)16(21)14-9-13(11-24-14)17(22)23/h9,11-12H,1-8,10H2,(H,22,23). The molecule has 7 nitrogen and oxygen atoms in total. The van der Waals surface area contributed by atoms with Crippen LogP contribution in [-0.2, 0) is 4.79 Å². The fraction of sp³-hybridized carbons (Fsp3) is 0.588. The second-order valence-electron chi connectivity index (χ2n) is 6.54. The molecule has 7 heteroatoms. The van der Waals surface area contributed by atoms with Crippen LogP contribution >= 0.6 is 0 Å². The zero-order valence-electron chi connectivity index (χ0n) is 13.6. The van der Waals surface area contributed by atoms with E-state index in [-0.39, 0.29) is 23.1 Å². The maximum atomic E-state index is 12.4. The first kappa shape index (κ1) is 16.5. The Morgan fingerprint density at radius 2 is 1.96 bits per heavy atom. The zero-order valence-corrected chi connectivity index (χ0v) is 13.6. The normalized spacial score (nSPS) is 19.6. The number of carboxylic acid groups (broad SMARTS) is 1. The highest BCUT2D eigenvalue weighted by atomic mass is 16.4. The van der Waals surface area contributed by atoms with Crippen LogP contribution in [-0.4, -0.2) is 58.9 Å². The first-order valence-electron chi connectivity index (χ1n) is 8.43. The SMILES string of the molecule is O=C(O)c1coc(C(=O)N2CCC(CN3CCCCC3=O)CC2)c1. The van der Waals surface area contributed by atoms with Crippen molar-refractivity contribution in [3.63, 3.8) is 0 Å². The van der Waals surface area contributed by atoms with Crippen LogP contribution in [0.25, 0.3) is 0 Å². The Hall–Kier alpha value is -2.31. The lowest BCUT2D eigenvalue weighted by molar-refractivity contribution is -0.134. The summed E-state index contributed by atoms with van der Waals surface area (Å²) < 4.78 is 5.08. The van der Waals surface area contributed by atoms with Crippen molar-refractivity contribution in [3.05, 3.63) is 23.7 Å². The summed E-state index contributed by atoms with van der Waals surface area (Å²) in [4.78, 5) is 38.7. The van der Waals surface area contributed by atoms with Crippen LogP contribution in [0.15, 0.2) is 16.7 Å². The largest absolute Gasteiger partial charge is 0.478 e. The summed E-state index contributed by atoms with van der Waals surface area (Å²) in [6.07, 6.45) is 5.51. The third-order valence-corrected chi connectivity index (χ3v) is 4.86. The molecule has 0 saturated carbocycles. The number of carbonyl (C=O) groups is 3. The van der Waals surface area contributed by atoms with E-state index in [0.29, 0.717) is 25.4 Å². The van der Waals surface area contributed by atoms with E-state index < -0.39 is 5.97 Å². The van der Waals surface area contributed by atoms with Gasteiger partial charge in [-0.3, -0.25) is 9.59 Å². The fourth-order valence-corrected chi connectivity index (χ4v) is 3.40. The van der Waals surface area contributed by atoms with Crippen LogP contribution < -0.4 is 0 Å². The van der Waals surface area contributed by atoms with Gasteiger partial charge in [0.25, 0.3) is 5.91 Å². The summed E-state index contributed by atoms with van der Waals surface area (Å²) in [6, 6.07) is 1.27. The average molecular weight is 334 g/mol. The second kappa shape index (κ2) is 7.07. The maximum Gasteiger partial charge on any atom is 0.338 e. The molecule has 24 heavy (non-hydrogen) atoms. The van der Waals surface area contributed by atoms with E-state index in [1.54, 1.807) is 4.90 Å². The number of rotatable bonds is 4. The Morgan fingerprint density at radius 1 is 1.21 bits per heavy atom. The number of hydrogen-bond acceptors (Lipinski definition) is 4. The third-order valence-electron chi connectivity index (χ3n) is 4.86. The van der Waals surface area contributed by atoms with Crippen LogP contribution in [0.1, 0.15) is 53.0 Å². The third kappa shape index (κ3) is 3.60. The van der Waals surface area contributed by atoms with Gasteiger partial charge in [-0.25, -0.2) is 4.79 Å². The van der Waals surface area contributed by atoms with E-state index in [0.717, 1.165) is 45.0 Å². The Bertz CT molecular complexity index is 631. The molecule has 2 saturated heterocycles. The van der Waals surface area contributed by atoms with Gasteiger partial charge in [0.1, 0.15) is 6.26 Å². The first-order chi connectivity index (χ1) is 11.5. The Balaban J connectivity index is 1.51. The molecule has 0 bridgehead atoms. The summed E-state index contributed by atoms with van der Waals surface area (Å²) in [5.41, 5.74) is -0.0168. The van der Waals surface area contributed by atoms with E-state index in [1.807, 2.05) is 4.90 Å². The van der Waals surface area contributed by atoms with Crippen LogP contribution in [0.2, 0.25) is 0 Å². The predicted molar refractivity (Wildman–Crippen MR) is 84.7 cm³/mol. The Kier molecular flexibility index (Phi) is 4.87. The molecule has 3 rings (SSSR count). The quantitative estimate of drug-likeness (QED) is 0.907. The van der Waals surface area contributed by atoms with Crippen LogP contribution in [0.4, 0.5) is 0 Å². The van der Waals surface area contributed by atoms with Gasteiger partial charge in [0.15, 0.2) is 5.76 Å². The minimum Gasteiger partial charge on any atom is -0.478 e. The second-order valence-corrected chi connectivity index (χ2v) is 6.54. The Labute approximate surface area is 140 Å². The van der Waals surface area contributed by atoms with Crippen molar-refractivity contribution in [3.8, 4) is 0 Å². The molecule has 2 aliphatic rings. The number of furan rings is 1. The molecule has 0 spiro atoms. The minimum atomic E-state index is -1.11. The summed E-state index contributed by atoms with van der Waals surface area (Å²) in [5.74, 6) is -0.645. The van der Waals surface area contributed by atoms with E-state index in [4.69, 9.17) is 9.52 Å². The molecule has 1 N–H and O–H groups in total. The number of carboxylic acids is 1. The van der Waals surface area contributed by atoms with Crippen molar-refractivity contribution in [2.45, 2.75) is 32.1 Å². The molecular formula is C17H22N2O5. The van der Waals surface area contributed by atoms with E-state index in [1.165, 1.54) is 6.07 Å². The van der Waals surface area contributed by atoms with Gasteiger partial charge in [0.05, 0.1) is 5.56 Å². The van der Waals surface area contributed by atoms with Crippen LogP contribution in [0.3, 0.4) is 0 Å². The fourth-order valence-electron chi connectivity index (χ4n) is 3.40. The number of amides is 2. The molecule has 130 valence electrons. The van der Waals surface area contributed by atoms with Gasteiger partial charge in [0.2, 0.25) is 5.91 Å². The highest BCUT2D eigenvalue weighted by molar-refractivity contribution is 5.95. The van der Waals surface area contributed by atoms with Crippen LogP contribution in [0, 0.1) is 5.92 Å². The van der Waals surface area contributed by atoms with Gasteiger partial charge in [-0.1, -0.05) is 0 Å². The molecule has 0 atom stereocenters. The number of likely N-dealkylation sites (tertiary alicyclic amines) is 2. The summed E-state index contributed by atoms with van der Waals surface area (Å²) in [5, 5.41) is 8.89. The lowest BCUT2D eigenvalue weighted by Crippen LogP contribution is -2.44. The molecule has 0 aromatic carbocycles. The predicted octanol–water partition coefficient (Wildman–Crippen LogP) is 1.84. The summed E-state index contributed by atoms with van der Waals surface area (Å²) in [6.45, 7) is 2.84. The highest BCUT2D eigenvalue weighted by Gasteiger charge is 2.28. The van der Waals surface area contributed by atoms with Gasteiger partial charge < -0.3 is 19.3 Å². The molecule has 1 aromatic heterocycles. The molecule has 0 unspecified atom stereocenters. The van der Waals surface area contributed by atoms with Crippen molar-refractivity contribution in [2.24, 2.45) is 5.92 Å². The molecule has 0 aliphatic carbocycles. The summed E-state index contributed by atoms with van der Waals surface area (Å²) >= 11 is 0. The average Bonchev–Trinajstić information content (AvgIpc) is 3.07. The minimum absolute atomic E-state index is 0.0168. The molecule has 2 aliphatic heterocycles. The smallest absolute Gasteiger partial charge is 0.338 e. The van der Waals surface area contributed by atoms with Crippen molar-refractivity contribution in [1.82, 2.24) is 9.80 Å². The Morgan fingerprint density at radius 3 is 2.58 bits per heavy atom. The molecular weight excluding hydrogens is 312 g/mol. The van der Waals surface area contributed by atoms with Crippen molar-refractivity contribution in [1.29, 1.82) is 0 Å². The number of hydrogen-bond donors (Lipinski definition) is 1. The first-order valence-corrected chi connectivity index (χ1v) is 8.43. The monoisotopic (exact) mass is 334 g/mol. The van der Waals surface area contributed by atoms with E-state index >= 15 is 0 Å². The van der Waals surface area contributed by atoms with E-state index in [9.17, 15) is 14.4 Å². The van der Waals surface area contributed by atoms with Crippen molar-refractivity contribution < 1.29 is 23.9 Å². The highest BCUT2D eigenvalue weighted by Crippen LogP contribution is 2.22. The summed E-state index contributed by atoms with van der Waals surface area (Å²) in [7, 11) is 0. The topological polar surface area (TPSA) is 91.1 Å². The van der Waals surface area contributed by atoms with Crippen molar-refractivity contribution in [2.75, 3.05) is 26.2 Å². The molecule has 1 aromatic rings. The van der Waals surface area contributed by atoms with Gasteiger partial charge in [-0.2, -0.15) is 0 Å². The van der Waals surface area contributed by atoms with Crippen LogP contribution in [0.5, 0.6) is 0 Å². The molecule has 3 heterocycles. The van der Waals surface area contributed by atoms with Gasteiger partial charge in [-0.15, -0.1) is 0 Å². The number of carbonyl (C=O) groups excluding carboxylic acids is 2. The molecule has 0 radical (unpaired) electrons. The van der Waals surface area contributed by atoms with Gasteiger partial charge in [-0.05, 0) is 31.6 Å². The number of aromatic carboxylic acids is 1. The zero-order chi connectivity index (χ0) is 17.1. The van der Waals surface area contributed by atoms with Crippen molar-refractivity contribution >= 4 is 17.8 Å². The van der Waals surface area contributed by atoms with Gasteiger partial charge >= 0.3 is 5.97 Å². The lowest BCUT2D eigenvalue weighted by atomic mass is 9.95.